The van der Waals surface area contributed by atoms with Gasteiger partial charge in [-0.05, 0) is 24.6 Å². The number of ether oxygens (including phenoxy) is 1. The highest BCUT2D eigenvalue weighted by Crippen LogP contribution is 2.19. The molecule has 0 spiro atoms. The van der Waals surface area contributed by atoms with Gasteiger partial charge < -0.3 is 10.1 Å². The lowest BCUT2D eigenvalue weighted by Crippen LogP contribution is -2.23. The summed E-state index contributed by atoms with van der Waals surface area (Å²) in [5, 5.41) is 12.5. The van der Waals surface area contributed by atoms with E-state index < -0.39 is 18.5 Å². The molecule has 0 fully saturated rings. The van der Waals surface area contributed by atoms with Crippen LogP contribution in [0.5, 0.6) is 0 Å². The van der Waals surface area contributed by atoms with Crippen LogP contribution in [0.2, 0.25) is 5.02 Å². The summed E-state index contributed by atoms with van der Waals surface area (Å²) in [6.07, 6.45) is 2.97. The molecule has 3 aromatic heterocycles. The Morgan fingerprint density at radius 2 is 2.03 bits per heavy atom. The SMILES string of the molecule is Cc1nn(C)c2ncc(C(=O)OCC(=O)Nc3ccnn3Cc3ccccc3Cl)cc12. The molecule has 1 amide bonds. The molecule has 1 N–H and O–H groups in total. The molecule has 0 aliphatic carbocycles. The lowest BCUT2D eigenvalue weighted by atomic mass is 10.2. The van der Waals surface area contributed by atoms with Crippen molar-refractivity contribution in [2.45, 2.75) is 13.5 Å². The Kier molecular flexibility index (Phi) is 5.68. The van der Waals surface area contributed by atoms with Gasteiger partial charge in [0, 0.05) is 29.7 Å². The molecule has 0 aliphatic rings. The van der Waals surface area contributed by atoms with E-state index in [0.717, 1.165) is 16.6 Å². The van der Waals surface area contributed by atoms with Crippen LogP contribution in [0.25, 0.3) is 11.0 Å². The molecule has 0 aliphatic heterocycles. The van der Waals surface area contributed by atoms with Crippen molar-refractivity contribution >= 4 is 40.3 Å². The Labute approximate surface area is 182 Å². The molecule has 9 nitrogen and oxygen atoms in total. The quantitative estimate of drug-likeness (QED) is 0.464. The number of esters is 1. The van der Waals surface area contributed by atoms with Crippen molar-refractivity contribution in [3.8, 4) is 0 Å². The lowest BCUT2D eigenvalue weighted by molar-refractivity contribution is -0.119. The predicted molar refractivity (Wildman–Crippen MR) is 115 cm³/mol. The van der Waals surface area contributed by atoms with E-state index in [1.54, 1.807) is 40.8 Å². The van der Waals surface area contributed by atoms with Gasteiger partial charge in [-0.3, -0.25) is 9.48 Å². The van der Waals surface area contributed by atoms with Crippen LogP contribution in [0.1, 0.15) is 21.6 Å². The molecule has 10 heteroatoms. The van der Waals surface area contributed by atoms with Crippen molar-refractivity contribution in [1.29, 1.82) is 0 Å². The minimum atomic E-state index is -0.641. The van der Waals surface area contributed by atoms with E-state index in [-0.39, 0.29) is 5.56 Å². The molecule has 31 heavy (non-hydrogen) atoms. The summed E-state index contributed by atoms with van der Waals surface area (Å²) in [5.41, 5.74) is 2.53. The summed E-state index contributed by atoms with van der Waals surface area (Å²) in [4.78, 5) is 28.9. The third-order valence-corrected chi connectivity index (χ3v) is 5.06. The van der Waals surface area contributed by atoms with E-state index in [1.807, 2.05) is 25.1 Å². The zero-order chi connectivity index (χ0) is 22.0. The van der Waals surface area contributed by atoms with Crippen LogP contribution < -0.4 is 5.32 Å². The Morgan fingerprint density at radius 1 is 1.23 bits per heavy atom. The number of anilines is 1. The molecule has 0 atom stereocenters. The van der Waals surface area contributed by atoms with Gasteiger partial charge >= 0.3 is 5.97 Å². The van der Waals surface area contributed by atoms with E-state index in [2.05, 4.69) is 20.5 Å². The summed E-state index contributed by atoms with van der Waals surface area (Å²) >= 11 is 6.19. The number of carbonyl (C=O) groups excluding carboxylic acids is 2. The molecule has 0 saturated heterocycles. The van der Waals surface area contributed by atoms with Gasteiger partial charge in [0.25, 0.3) is 5.91 Å². The number of amides is 1. The average molecular weight is 439 g/mol. The molecule has 4 aromatic rings. The number of rotatable bonds is 6. The van der Waals surface area contributed by atoms with Crippen molar-refractivity contribution in [3.05, 3.63) is 70.6 Å². The molecule has 1 aromatic carbocycles. The predicted octanol–water partition coefficient (Wildman–Crippen LogP) is 2.97. The van der Waals surface area contributed by atoms with E-state index in [9.17, 15) is 9.59 Å². The van der Waals surface area contributed by atoms with Crippen molar-refractivity contribution in [3.63, 3.8) is 0 Å². The van der Waals surface area contributed by atoms with Crippen LogP contribution in [-0.4, -0.2) is 43.0 Å². The molecule has 0 unspecified atom stereocenters. The topological polar surface area (TPSA) is 104 Å². The van der Waals surface area contributed by atoms with Gasteiger partial charge in [-0.15, -0.1) is 0 Å². The lowest BCUT2D eigenvalue weighted by Gasteiger charge is -2.10. The van der Waals surface area contributed by atoms with Gasteiger partial charge in [-0.2, -0.15) is 10.2 Å². The summed E-state index contributed by atoms with van der Waals surface area (Å²) < 4.78 is 8.38. The molecular weight excluding hydrogens is 420 g/mol. The first-order chi connectivity index (χ1) is 14.9. The molecule has 0 radical (unpaired) electrons. The molecule has 0 bridgehead atoms. The molecule has 158 valence electrons. The van der Waals surface area contributed by atoms with Crippen LogP contribution in [0, 0.1) is 6.92 Å². The third-order valence-electron chi connectivity index (χ3n) is 4.70. The fraction of sp³-hybridized carbons (Fsp3) is 0.190. The first-order valence-electron chi connectivity index (χ1n) is 9.44. The highest BCUT2D eigenvalue weighted by molar-refractivity contribution is 6.31. The van der Waals surface area contributed by atoms with Crippen LogP contribution >= 0.6 is 11.6 Å². The summed E-state index contributed by atoms with van der Waals surface area (Å²) in [6.45, 7) is 1.77. The van der Waals surface area contributed by atoms with Crippen molar-refractivity contribution in [1.82, 2.24) is 24.5 Å². The van der Waals surface area contributed by atoms with E-state index >= 15 is 0 Å². The van der Waals surface area contributed by atoms with Gasteiger partial charge in [-0.25, -0.2) is 14.5 Å². The standard InChI is InChI=1S/C21H19ClN6O3/c1-13-16-9-15(10-23-20(16)27(2)26-13)21(30)31-12-19(29)25-18-7-8-24-28(18)11-14-5-3-4-6-17(14)22/h3-10H,11-12H2,1-2H3,(H,25,29). The molecular formula is C21H19ClN6O3. The minimum absolute atomic E-state index is 0.250. The van der Waals surface area contributed by atoms with Gasteiger partial charge in [0.1, 0.15) is 5.82 Å². The second-order valence-electron chi connectivity index (χ2n) is 6.89. The van der Waals surface area contributed by atoms with Crippen molar-refractivity contribution in [2.24, 2.45) is 7.05 Å². The van der Waals surface area contributed by atoms with Gasteiger partial charge in [0.15, 0.2) is 12.3 Å². The second-order valence-corrected chi connectivity index (χ2v) is 7.30. The maximum atomic E-state index is 12.4. The minimum Gasteiger partial charge on any atom is -0.452 e. The number of benzene rings is 1. The highest BCUT2D eigenvalue weighted by atomic mass is 35.5. The number of hydrogen-bond acceptors (Lipinski definition) is 6. The van der Waals surface area contributed by atoms with E-state index in [1.165, 1.54) is 6.20 Å². The van der Waals surface area contributed by atoms with Crippen molar-refractivity contribution in [2.75, 3.05) is 11.9 Å². The zero-order valence-electron chi connectivity index (χ0n) is 16.9. The highest BCUT2D eigenvalue weighted by Gasteiger charge is 2.15. The van der Waals surface area contributed by atoms with Crippen LogP contribution in [0.15, 0.2) is 48.8 Å². The number of nitrogens with zero attached hydrogens (tertiary/aromatic N) is 5. The van der Waals surface area contributed by atoms with Crippen LogP contribution in [0.4, 0.5) is 5.82 Å². The first kappa shape index (κ1) is 20.5. The maximum Gasteiger partial charge on any atom is 0.340 e. The zero-order valence-corrected chi connectivity index (χ0v) is 17.6. The number of aryl methyl sites for hydroxylation is 2. The largest absolute Gasteiger partial charge is 0.452 e. The van der Waals surface area contributed by atoms with Crippen LogP contribution in [0.3, 0.4) is 0 Å². The smallest absolute Gasteiger partial charge is 0.340 e. The molecule has 0 saturated carbocycles. The molecule has 3 heterocycles. The number of halogens is 1. The fourth-order valence-electron chi connectivity index (χ4n) is 3.17. The first-order valence-corrected chi connectivity index (χ1v) is 9.81. The summed E-state index contributed by atoms with van der Waals surface area (Å²) in [6, 6.07) is 10.7. The Hall–Kier alpha value is -3.72. The number of pyridine rings is 1. The van der Waals surface area contributed by atoms with Crippen LogP contribution in [-0.2, 0) is 23.1 Å². The Morgan fingerprint density at radius 3 is 2.84 bits per heavy atom. The second kappa shape index (κ2) is 8.57. The Balaban J connectivity index is 1.38. The normalized spacial score (nSPS) is 10.9. The van der Waals surface area contributed by atoms with Gasteiger partial charge in [0.05, 0.1) is 24.0 Å². The maximum absolute atomic E-state index is 12.4. The van der Waals surface area contributed by atoms with Gasteiger partial charge in [0.2, 0.25) is 0 Å². The number of hydrogen-bond donors (Lipinski definition) is 1. The number of fused-ring (bicyclic) bond motifs is 1. The average Bonchev–Trinajstić information content (AvgIpc) is 3.31. The van der Waals surface area contributed by atoms with E-state index in [0.29, 0.717) is 23.0 Å². The fourth-order valence-corrected chi connectivity index (χ4v) is 3.36. The molecule has 4 rings (SSSR count). The number of nitrogens with one attached hydrogen (secondary N) is 1. The van der Waals surface area contributed by atoms with Gasteiger partial charge in [-0.1, -0.05) is 29.8 Å². The van der Waals surface area contributed by atoms with Crippen molar-refractivity contribution < 1.29 is 14.3 Å². The summed E-state index contributed by atoms with van der Waals surface area (Å²) in [7, 11) is 1.78. The monoisotopic (exact) mass is 438 g/mol. The number of carbonyl (C=O) groups is 2. The van der Waals surface area contributed by atoms with E-state index in [4.69, 9.17) is 16.3 Å². The summed E-state index contributed by atoms with van der Waals surface area (Å²) in [5.74, 6) is -0.659. The number of aromatic nitrogens is 5. The third kappa shape index (κ3) is 4.41. The Bertz CT molecular complexity index is 1280.